The first-order chi connectivity index (χ1) is 22.8. The molecule has 6 rings (SSSR count). The average molecular weight is 599 g/mol. The molecule has 0 amide bonds. The third-order valence-electron chi connectivity index (χ3n) is 7.56. The van der Waals surface area contributed by atoms with Crippen molar-refractivity contribution in [1.29, 1.82) is 0 Å². The smallest absolute Gasteiger partial charge is 0.112 e. The van der Waals surface area contributed by atoms with Gasteiger partial charge in [-0.1, -0.05) is 158 Å². The van der Waals surface area contributed by atoms with E-state index < -0.39 is 0 Å². The fourth-order valence-electron chi connectivity index (χ4n) is 5.43. The molecule has 0 heterocycles. The molecule has 0 radical (unpaired) electrons. The van der Waals surface area contributed by atoms with Crippen LogP contribution in [0.25, 0.3) is 11.1 Å². The molecule has 4 nitrogen and oxygen atoms in total. The van der Waals surface area contributed by atoms with Crippen molar-refractivity contribution in [2.24, 2.45) is 0 Å². The highest BCUT2D eigenvalue weighted by atomic mass is 15.1. The van der Waals surface area contributed by atoms with Gasteiger partial charge in [-0.05, 0) is 46.5 Å². The molecule has 0 fully saturated rings. The zero-order chi connectivity index (χ0) is 31.2. The molecule has 226 valence electrons. The topological polar surface area (TPSA) is 48.1 Å². The summed E-state index contributed by atoms with van der Waals surface area (Å²) in [6, 6.07) is 62.8. The van der Waals surface area contributed by atoms with Crippen molar-refractivity contribution in [2.45, 2.75) is 0 Å². The van der Waals surface area contributed by atoms with E-state index in [2.05, 4.69) is 167 Å². The summed E-state index contributed by atoms with van der Waals surface area (Å²) in [6.45, 7) is 1.32. The number of nitrogens with one attached hydrogen (secondary N) is 4. The molecule has 0 bridgehead atoms. The molecule has 0 aliphatic carbocycles. The van der Waals surface area contributed by atoms with E-state index in [-0.39, 0.29) is 0 Å². The third-order valence-corrected chi connectivity index (χ3v) is 7.56. The minimum absolute atomic E-state index is 0.662. The number of hydrogen-bond acceptors (Lipinski definition) is 4. The standard InChI is InChI=1S/C42H38N4/c1-7-19-33(20-8-1)39(34-21-9-2-10-22-34)41(45-37-27-15-5-16-28-37)43-31-32-44-42(46-38-29-17-6-18-30-38)40(35-23-11-3-12-24-35)36-25-13-4-14-26-36/h1-30,43-46H,31-32H2. The quantitative estimate of drug-likeness (QED) is 0.100. The van der Waals surface area contributed by atoms with E-state index in [1.165, 1.54) is 0 Å². The van der Waals surface area contributed by atoms with Gasteiger partial charge in [0.2, 0.25) is 0 Å². The van der Waals surface area contributed by atoms with E-state index in [4.69, 9.17) is 0 Å². The van der Waals surface area contributed by atoms with Gasteiger partial charge < -0.3 is 21.3 Å². The minimum atomic E-state index is 0.662. The first-order valence-corrected chi connectivity index (χ1v) is 15.7. The number of benzene rings is 6. The molecule has 4 heteroatoms. The summed E-state index contributed by atoms with van der Waals surface area (Å²) in [6.07, 6.45) is 0. The van der Waals surface area contributed by atoms with Crippen molar-refractivity contribution in [2.75, 3.05) is 23.7 Å². The number of rotatable bonds is 13. The Morgan fingerprint density at radius 2 is 0.543 bits per heavy atom. The SMILES string of the molecule is c1ccc(NC(NCCNC(Nc2ccccc2)=C(c2ccccc2)c2ccccc2)=C(c2ccccc2)c2ccccc2)cc1. The van der Waals surface area contributed by atoms with Crippen LogP contribution in [0, 0.1) is 0 Å². The monoisotopic (exact) mass is 598 g/mol. The van der Waals surface area contributed by atoms with Crippen LogP contribution in [0.2, 0.25) is 0 Å². The fraction of sp³-hybridized carbons (Fsp3) is 0.0476. The van der Waals surface area contributed by atoms with Crippen molar-refractivity contribution in [3.8, 4) is 0 Å². The van der Waals surface area contributed by atoms with Crippen LogP contribution in [0.15, 0.2) is 194 Å². The van der Waals surface area contributed by atoms with Crippen LogP contribution in [0.4, 0.5) is 11.4 Å². The van der Waals surface area contributed by atoms with Crippen LogP contribution in [0.5, 0.6) is 0 Å². The Balaban J connectivity index is 1.35. The molecule has 46 heavy (non-hydrogen) atoms. The lowest BCUT2D eigenvalue weighted by Crippen LogP contribution is -2.32. The summed E-state index contributed by atoms with van der Waals surface area (Å²) in [5.74, 6) is 1.89. The molecule has 0 aliphatic rings. The minimum Gasteiger partial charge on any atom is -0.369 e. The second kappa shape index (κ2) is 15.6. The van der Waals surface area contributed by atoms with Gasteiger partial charge in [-0.2, -0.15) is 0 Å². The van der Waals surface area contributed by atoms with Gasteiger partial charge in [0.1, 0.15) is 11.6 Å². The van der Waals surface area contributed by atoms with Crippen LogP contribution < -0.4 is 21.3 Å². The lowest BCUT2D eigenvalue weighted by atomic mass is 9.97. The van der Waals surface area contributed by atoms with Gasteiger partial charge in [-0.3, -0.25) is 0 Å². The van der Waals surface area contributed by atoms with Crippen LogP contribution >= 0.6 is 0 Å². The molecular weight excluding hydrogens is 560 g/mol. The molecule has 0 saturated heterocycles. The Bertz CT molecular complexity index is 1610. The van der Waals surface area contributed by atoms with Crippen LogP contribution in [0.1, 0.15) is 22.3 Å². The summed E-state index contributed by atoms with van der Waals surface area (Å²) >= 11 is 0. The van der Waals surface area contributed by atoms with Crippen molar-refractivity contribution >= 4 is 22.5 Å². The van der Waals surface area contributed by atoms with E-state index >= 15 is 0 Å². The van der Waals surface area contributed by atoms with Gasteiger partial charge in [0.25, 0.3) is 0 Å². The highest BCUT2D eigenvalue weighted by molar-refractivity contribution is 5.84. The summed E-state index contributed by atoms with van der Waals surface area (Å²) < 4.78 is 0. The van der Waals surface area contributed by atoms with Gasteiger partial charge in [0.05, 0.1) is 0 Å². The highest BCUT2D eigenvalue weighted by Crippen LogP contribution is 2.28. The third kappa shape index (κ3) is 7.93. The molecule has 6 aromatic rings. The van der Waals surface area contributed by atoms with E-state index in [1.54, 1.807) is 0 Å². The van der Waals surface area contributed by atoms with E-state index in [9.17, 15) is 0 Å². The largest absolute Gasteiger partial charge is 0.369 e. The lowest BCUT2D eigenvalue weighted by molar-refractivity contribution is 0.723. The molecule has 0 aliphatic heterocycles. The van der Waals surface area contributed by atoms with Crippen molar-refractivity contribution in [1.82, 2.24) is 10.6 Å². The van der Waals surface area contributed by atoms with Gasteiger partial charge in [-0.25, -0.2) is 0 Å². The van der Waals surface area contributed by atoms with E-state index in [1.807, 2.05) is 36.4 Å². The normalized spacial score (nSPS) is 10.3. The van der Waals surface area contributed by atoms with Gasteiger partial charge in [0, 0.05) is 35.6 Å². The Morgan fingerprint density at radius 3 is 0.804 bits per heavy atom. The van der Waals surface area contributed by atoms with Crippen LogP contribution in [-0.2, 0) is 0 Å². The van der Waals surface area contributed by atoms with Crippen molar-refractivity contribution in [3.05, 3.63) is 216 Å². The van der Waals surface area contributed by atoms with Gasteiger partial charge in [-0.15, -0.1) is 0 Å². The second-order valence-corrected chi connectivity index (χ2v) is 10.8. The van der Waals surface area contributed by atoms with Gasteiger partial charge in [0.15, 0.2) is 0 Å². The summed E-state index contributed by atoms with van der Waals surface area (Å²) in [5, 5.41) is 14.9. The van der Waals surface area contributed by atoms with E-state index in [0.717, 1.165) is 56.4 Å². The first-order valence-electron chi connectivity index (χ1n) is 15.7. The molecule has 0 unspecified atom stereocenters. The van der Waals surface area contributed by atoms with Crippen LogP contribution in [0.3, 0.4) is 0 Å². The maximum atomic E-state index is 3.76. The Labute approximate surface area is 272 Å². The van der Waals surface area contributed by atoms with Gasteiger partial charge >= 0.3 is 0 Å². The molecule has 4 N–H and O–H groups in total. The Kier molecular flexibility index (Phi) is 10.2. The fourth-order valence-corrected chi connectivity index (χ4v) is 5.43. The predicted octanol–water partition coefficient (Wildman–Crippen LogP) is 9.22. The summed E-state index contributed by atoms with van der Waals surface area (Å²) in [5.41, 5.74) is 8.79. The number of hydrogen-bond donors (Lipinski definition) is 4. The maximum Gasteiger partial charge on any atom is 0.112 e. The average Bonchev–Trinajstić information content (AvgIpc) is 3.13. The summed E-state index contributed by atoms with van der Waals surface area (Å²) in [4.78, 5) is 0. The first kappa shape index (κ1) is 30.0. The van der Waals surface area contributed by atoms with Crippen LogP contribution in [-0.4, -0.2) is 13.1 Å². The lowest BCUT2D eigenvalue weighted by Gasteiger charge is -2.22. The molecule has 6 aromatic carbocycles. The summed E-state index contributed by atoms with van der Waals surface area (Å²) in [7, 11) is 0. The zero-order valence-corrected chi connectivity index (χ0v) is 25.7. The molecule has 0 aromatic heterocycles. The predicted molar refractivity (Wildman–Crippen MR) is 194 cm³/mol. The molecule has 0 spiro atoms. The van der Waals surface area contributed by atoms with Crippen molar-refractivity contribution in [3.63, 3.8) is 0 Å². The van der Waals surface area contributed by atoms with E-state index in [0.29, 0.717) is 13.1 Å². The van der Waals surface area contributed by atoms with Crippen molar-refractivity contribution < 1.29 is 0 Å². The highest BCUT2D eigenvalue weighted by Gasteiger charge is 2.15. The molecule has 0 saturated carbocycles. The molecular formula is C42H38N4. The maximum absolute atomic E-state index is 3.76. The number of anilines is 2. The molecule has 0 atom stereocenters. The second-order valence-electron chi connectivity index (χ2n) is 10.8. The number of para-hydroxylation sites is 2. The zero-order valence-electron chi connectivity index (χ0n) is 25.7. The Hall–Kier alpha value is -6.00. The Morgan fingerprint density at radius 1 is 0.304 bits per heavy atom.